The van der Waals surface area contributed by atoms with Crippen molar-refractivity contribution in [2.24, 2.45) is 0 Å². The van der Waals surface area contributed by atoms with Gasteiger partial charge in [-0.2, -0.15) is 0 Å². The summed E-state index contributed by atoms with van der Waals surface area (Å²) in [6.07, 6.45) is 26.9. The third-order valence-corrected chi connectivity index (χ3v) is 30.8. The van der Waals surface area contributed by atoms with Crippen LogP contribution in [-0.2, 0) is 4.66 Å². The summed E-state index contributed by atoms with van der Waals surface area (Å²) in [5, 5.41) is 5.56. The van der Waals surface area contributed by atoms with Crippen molar-refractivity contribution in [1.82, 2.24) is 0 Å². The molecule has 4 fully saturated rings. The third-order valence-electron chi connectivity index (χ3n) is 20.7. The molecule has 0 aromatic heterocycles. The highest BCUT2D eigenvalue weighted by Crippen LogP contribution is 2.63. The average Bonchev–Trinajstić information content (AvgIpc) is 2.49. The molecule has 4 saturated carbocycles. The predicted octanol–water partition coefficient (Wildman–Crippen LogP) is 23.1. The Labute approximate surface area is 477 Å². The minimum atomic E-state index is -2.13. The van der Waals surface area contributed by atoms with Gasteiger partial charge in [-0.15, -0.1) is 0 Å². The second-order valence-electron chi connectivity index (χ2n) is 27.4. The van der Waals surface area contributed by atoms with Crippen molar-refractivity contribution in [2.45, 2.75) is 196 Å². The number of hydrogen-bond donors (Lipinski definition) is 0. The van der Waals surface area contributed by atoms with Crippen LogP contribution in [0.3, 0.4) is 0 Å². The Morgan fingerprint density at radius 2 is 0.646 bits per heavy atom. The zero-order valence-electron chi connectivity index (χ0n) is 48.9. The first-order valence-electron chi connectivity index (χ1n) is 31.6. The Bertz CT molecular complexity index is 3290. The highest BCUT2D eigenvalue weighted by Gasteiger charge is 2.60. The molecule has 4 heteroatoms. The van der Waals surface area contributed by atoms with Crippen LogP contribution in [0, 0.1) is 0 Å². The van der Waals surface area contributed by atoms with Gasteiger partial charge in [0.2, 0.25) is 0 Å². The highest BCUT2D eigenvalue weighted by atomic mass is 28.4. The van der Waals surface area contributed by atoms with Crippen LogP contribution in [0.15, 0.2) is 158 Å². The van der Waals surface area contributed by atoms with Crippen molar-refractivity contribution in [3.63, 3.8) is 0 Å². The van der Waals surface area contributed by atoms with Crippen LogP contribution >= 0.6 is 0 Å². The van der Waals surface area contributed by atoms with Gasteiger partial charge in [0.05, 0.1) is 16.1 Å². The minimum Gasteiger partial charge on any atom is -0.310 e. The monoisotopic (exact) mass is 1070 g/mol. The molecular weight excluding hydrogens is 985 g/mol. The van der Waals surface area contributed by atoms with Crippen LogP contribution in [0.5, 0.6) is 0 Å². The number of fused-ring (bicyclic) bond motifs is 8. The van der Waals surface area contributed by atoms with E-state index in [1.54, 1.807) is 11.1 Å². The Morgan fingerprint density at radius 1 is 0.316 bits per heavy atom. The van der Waals surface area contributed by atoms with E-state index in [9.17, 15) is 0 Å². The molecule has 0 amide bonds. The number of hydrogen-bond acceptors (Lipinski definition) is 2. The SMILES string of the molecule is C[Si](C)(C)C1([Si](C)(C)C)c2cc(N(c3ccc(C4CCCCC4)cc3)c3ccc(C4CCCCC4)cc3)ccc2-c2c1c1ccc(N(c3ccc(C4CCCCC4)cc3)c3ccc(C4CCCCC4)cc3)cc1c1ccccc21. The van der Waals surface area contributed by atoms with Crippen LogP contribution in [-0.4, -0.2) is 16.1 Å². The molecule has 13 rings (SSSR count). The van der Waals surface area contributed by atoms with E-state index >= 15 is 0 Å². The van der Waals surface area contributed by atoms with Crippen LogP contribution in [0.2, 0.25) is 39.3 Å². The van der Waals surface area contributed by atoms with Gasteiger partial charge in [0.15, 0.2) is 0 Å². The van der Waals surface area contributed by atoms with Crippen molar-refractivity contribution in [2.75, 3.05) is 9.80 Å². The standard InChI is InChI=1S/C75H88N2Si2/c1-78(2,3)75(79(4,5)6)72-52-66(77(63-43-35-59(36-44-63)55-25-15-9-16-26-55)64-45-37-60(38-46-64)56-27-17-10-18-28-56)48-50-70(72)73-68-30-20-19-29-67(68)71-51-65(47-49-69(71)74(73)75)76(61-39-31-57(32-40-61)53-21-11-7-12-22-53)62-41-33-58(34-42-62)54-23-13-8-14-24-54/h19-20,29-56H,7-18,21-28H2,1-6H3. The molecule has 0 radical (unpaired) electrons. The fourth-order valence-electron chi connectivity index (χ4n) is 17.2. The topological polar surface area (TPSA) is 6.48 Å². The van der Waals surface area contributed by atoms with Crippen molar-refractivity contribution < 1.29 is 0 Å². The summed E-state index contributed by atoms with van der Waals surface area (Å²) in [7, 11) is -4.27. The molecule has 8 aromatic rings. The summed E-state index contributed by atoms with van der Waals surface area (Å²) in [4.78, 5) is 5.18. The van der Waals surface area contributed by atoms with Gasteiger partial charge in [-0.25, -0.2) is 0 Å². The number of benzene rings is 8. The lowest BCUT2D eigenvalue weighted by molar-refractivity contribution is 0.443. The van der Waals surface area contributed by atoms with Gasteiger partial charge in [-0.05, 0) is 214 Å². The molecule has 5 aliphatic rings. The van der Waals surface area contributed by atoms with E-state index in [2.05, 4.69) is 207 Å². The summed E-state index contributed by atoms with van der Waals surface area (Å²) in [6.45, 7) is 16.2. The van der Waals surface area contributed by atoms with E-state index in [1.165, 1.54) is 217 Å². The van der Waals surface area contributed by atoms with E-state index in [-0.39, 0.29) is 4.66 Å². The summed E-state index contributed by atoms with van der Waals surface area (Å²) in [5.74, 6) is 2.71. The van der Waals surface area contributed by atoms with Crippen molar-refractivity contribution >= 4 is 71.8 Å². The first-order chi connectivity index (χ1) is 38.5. The molecule has 406 valence electrons. The molecule has 0 unspecified atom stereocenters. The quantitative estimate of drug-likeness (QED) is 0.0889. The lowest BCUT2D eigenvalue weighted by Crippen LogP contribution is -2.63. The van der Waals surface area contributed by atoms with Crippen molar-refractivity contribution in [1.29, 1.82) is 0 Å². The molecule has 2 nitrogen and oxygen atoms in total. The van der Waals surface area contributed by atoms with E-state index in [4.69, 9.17) is 0 Å². The minimum absolute atomic E-state index is 0.0879. The molecule has 0 bridgehead atoms. The molecule has 0 aliphatic heterocycles. The molecule has 0 atom stereocenters. The van der Waals surface area contributed by atoms with Crippen LogP contribution in [0.25, 0.3) is 32.7 Å². The summed E-state index contributed by atoms with van der Waals surface area (Å²) in [6, 6.07) is 64.1. The first-order valence-corrected chi connectivity index (χ1v) is 38.6. The van der Waals surface area contributed by atoms with Crippen LogP contribution < -0.4 is 9.80 Å². The molecule has 0 N–H and O–H groups in total. The van der Waals surface area contributed by atoms with Gasteiger partial charge in [0.25, 0.3) is 0 Å². The van der Waals surface area contributed by atoms with E-state index < -0.39 is 16.1 Å². The second kappa shape index (κ2) is 21.7. The van der Waals surface area contributed by atoms with Crippen molar-refractivity contribution in [3.8, 4) is 11.1 Å². The van der Waals surface area contributed by atoms with Crippen LogP contribution in [0.1, 0.15) is 185 Å². The lowest BCUT2D eigenvalue weighted by atomic mass is 9.84. The number of nitrogens with zero attached hydrogens (tertiary/aromatic N) is 2. The largest absolute Gasteiger partial charge is 0.310 e. The van der Waals surface area contributed by atoms with Gasteiger partial charge >= 0.3 is 0 Å². The van der Waals surface area contributed by atoms with E-state index in [0.717, 1.165) is 0 Å². The van der Waals surface area contributed by atoms with E-state index in [0.29, 0.717) is 23.7 Å². The van der Waals surface area contributed by atoms with Gasteiger partial charge < -0.3 is 9.80 Å². The van der Waals surface area contributed by atoms with Gasteiger partial charge in [0.1, 0.15) is 0 Å². The molecule has 5 aliphatic carbocycles. The van der Waals surface area contributed by atoms with Gasteiger partial charge in [-0.1, -0.05) is 201 Å². The number of rotatable bonds is 12. The normalized spacial score (nSPS) is 18.7. The lowest BCUT2D eigenvalue weighted by Gasteiger charge is -2.52. The zero-order valence-corrected chi connectivity index (χ0v) is 50.9. The maximum absolute atomic E-state index is 2.71. The van der Waals surface area contributed by atoms with Gasteiger partial charge in [-0.3, -0.25) is 0 Å². The average molecular weight is 1070 g/mol. The fourth-order valence-corrected chi connectivity index (χ4v) is 30.3. The Hall–Kier alpha value is -5.69. The molecular formula is C75H88N2Si2. The summed E-state index contributed by atoms with van der Waals surface area (Å²) >= 11 is 0. The predicted molar refractivity (Wildman–Crippen MR) is 347 cm³/mol. The molecule has 0 saturated heterocycles. The highest BCUT2D eigenvalue weighted by molar-refractivity contribution is 7.00. The maximum Gasteiger partial charge on any atom is 0.0579 e. The first kappa shape index (κ1) is 52.7. The molecule has 79 heavy (non-hydrogen) atoms. The molecule has 0 heterocycles. The van der Waals surface area contributed by atoms with E-state index in [1.807, 2.05) is 0 Å². The Morgan fingerprint density at radius 3 is 1.01 bits per heavy atom. The van der Waals surface area contributed by atoms with Crippen molar-refractivity contribution in [3.05, 3.63) is 191 Å². The molecule has 8 aromatic carbocycles. The third kappa shape index (κ3) is 9.57. The smallest absolute Gasteiger partial charge is 0.0579 e. The summed E-state index contributed by atoms with van der Waals surface area (Å²) < 4.78 is -0.0879. The Balaban J connectivity index is 0.978. The zero-order chi connectivity index (χ0) is 53.9. The van der Waals surface area contributed by atoms with Gasteiger partial charge in [0, 0.05) is 38.8 Å². The Kier molecular flexibility index (Phi) is 14.4. The maximum atomic E-state index is 2.71. The number of anilines is 6. The fraction of sp³-hybridized carbons (Fsp3) is 0.413. The molecule has 0 spiro atoms. The summed E-state index contributed by atoms with van der Waals surface area (Å²) in [5.41, 5.74) is 19.7. The van der Waals surface area contributed by atoms with Crippen LogP contribution in [0.4, 0.5) is 34.1 Å². The second-order valence-corrected chi connectivity index (χ2v) is 38.4.